The normalized spacial score (nSPS) is 5.00. The number of nitriles is 1. The molecule has 0 aromatic heterocycles. The molecule has 0 saturated carbocycles. The summed E-state index contributed by atoms with van der Waals surface area (Å²) in [6.45, 7) is 0. The van der Waals surface area contributed by atoms with Gasteiger partial charge in [-0.15, -0.1) is 0 Å². The van der Waals surface area contributed by atoms with E-state index in [2.05, 4.69) is 11.6 Å². The van der Waals surface area contributed by atoms with Gasteiger partial charge in [-0.3, -0.25) is 0 Å². The van der Waals surface area contributed by atoms with Crippen LogP contribution in [0.1, 0.15) is 0 Å². The second kappa shape index (κ2) is 2.78. The Morgan fingerprint density at radius 2 is 2.25 bits per heavy atom. The van der Waals surface area contributed by atoms with E-state index in [0.29, 0.717) is 0 Å². The highest BCUT2D eigenvalue weighted by atomic mass is 35.5. The van der Waals surface area contributed by atoms with Crippen molar-refractivity contribution in [3.05, 3.63) is 0 Å². The summed E-state index contributed by atoms with van der Waals surface area (Å²) in [6.07, 6.45) is 0. The molecule has 0 radical (unpaired) electrons. The van der Waals surface area contributed by atoms with Crippen LogP contribution >= 0.6 is 0 Å². The van der Waals surface area contributed by atoms with E-state index in [-0.39, 0.29) is 5.88 Å². The first-order valence-electron chi connectivity index (χ1n) is 0.866. The van der Waals surface area contributed by atoms with Gasteiger partial charge in [0.05, 0.1) is 0 Å². The molecule has 0 aliphatic carbocycles. The minimum absolute atomic E-state index is 0.208. The predicted octanol–water partition coefficient (Wildman–Crippen LogP) is -0.208. The second-order valence-electron chi connectivity index (χ2n) is 0.302. The number of halogens is 1. The molecular weight excluding hydrogens is 73.5 g/mol. The summed E-state index contributed by atoms with van der Waals surface area (Å²) in [5.74, 6) is 0.208. The van der Waals surface area contributed by atoms with E-state index in [4.69, 9.17) is 5.26 Å². The Labute approximate surface area is 29.8 Å². The monoisotopic (exact) mass is 76.0 g/mol. The molecule has 0 aromatic carbocycles. The lowest BCUT2D eigenvalue weighted by Gasteiger charge is -1.31. The zero-order valence-corrected chi connectivity index (χ0v) is 2.88. The quantitative estimate of drug-likeness (QED) is 0.366. The minimum Gasteiger partial charge on any atom is -0.192 e. The molecule has 2 heteroatoms. The molecule has 22 valence electrons. The van der Waals surface area contributed by atoms with Gasteiger partial charge in [0.2, 0.25) is 0 Å². The highest BCUT2D eigenvalue weighted by Gasteiger charge is 1.65. The molecule has 0 N–H and O–H groups in total. The van der Waals surface area contributed by atoms with Crippen molar-refractivity contribution in [1.82, 2.24) is 0 Å². The molecule has 0 spiro atoms. The predicted molar refractivity (Wildman–Crippen MR) is 11.9 cm³/mol. The van der Waals surface area contributed by atoms with Crippen LogP contribution in [0, 0.1) is 22.9 Å². The van der Waals surface area contributed by atoms with E-state index in [9.17, 15) is 0 Å². The van der Waals surface area contributed by atoms with Gasteiger partial charge in [0.25, 0.3) is 5.88 Å². The summed E-state index contributed by atoms with van der Waals surface area (Å²) >= 11 is 4.19. The molecule has 0 bridgehead atoms. The van der Waals surface area contributed by atoms with Gasteiger partial charge in [-0.2, -0.15) is 5.26 Å². The van der Waals surface area contributed by atoms with Crippen LogP contribution in [0.2, 0.25) is 0 Å². The molecule has 4 heavy (non-hydrogen) atoms. The molecule has 0 aliphatic rings. The Morgan fingerprint density at radius 1 is 2.00 bits per heavy atom. The average Bonchev–Trinajstić information content (AvgIpc) is 1.37. The van der Waals surface area contributed by atoms with E-state index in [1.54, 1.807) is 6.07 Å². The van der Waals surface area contributed by atoms with Gasteiger partial charge < -0.3 is 0 Å². The first kappa shape index (κ1) is 3.78. The summed E-state index contributed by atoms with van der Waals surface area (Å²) in [5, 5.41) is 7.52. The molecule has 0 heterocycles. The van der Waals surface area contributed by atoms with E-state index in [1.807, 2.05) is 0 Å². The average molecular weight is 76.5 g/mol. The Kier molecular flexibility index (Phi) is 2.63. The van der Waals surface area contributed by atoms with Gasteiger partial charge in [-0.1, -0.05) is 0 Å². The molecular formula is C2H3ClN+. The van der Waals surface area contributed by atoms with Crippen molar-refractivity contribution >= 4 is 0 Å². The number of rotatable bonds is 0. The van der Waals surface area contributed by atoms with E-state index >= 15 is 0 Å². The summed E-state index contributed by atoms with van der Waals surface area (Å²) in [7, 11) is 0. The van der Waals surface area contributed by atoms with Gasteiger partial charge in [0.15, 0.2) is 0 Å². The Hall–Kier alpha value is -0.220. The van der Waals surface area contributed by atoms with Crippen molar-refractivity contribution in [2.75, 3.05) is 5.88 Å². The maximum absolute atomic E-state index is 7.52. The first-order chi connectivity index (χ1) is 1.91. The van der Waals surface area contributed by atoms with Crippen molar-refractivity contribution < 1.29 is 11.6 Å². The van der Waals surface area contributed by atoms with Crippen molar-refractivity contribution in [1.29, 1.82) is 5.26 Å². The van der Waals surface area contributed by atoms with Crippen molar-refractivity contribution in [2.45, 2.75) is 0 Å². The molecule has 0 unspecified atom stereocenters. The van der Waals surface area contributed by atoms with Gasteiger partial charge >= 0.3 is 0 Å². The van der Waals surface area contributed by atoms with Gasteiger partial charge in [-0.25, -0.2) is 0 Å². The first-order valence-corrected chi connectivity index (χ1v) is 1.44. The van der Waals surface area contributed by atoms with Crippen molar-refractivity contribution in [2.24, 2.45) is 0 Å². The van der Waals surface area contributed by atoms with Crippen LogP contribution in [0.5, 0.6) is 0 Å². The summed E-state index contributed by atoms with van der Waals surface area (Å²) in [4.78, 5) is 0. The van der Waals surface area contributed by atoms with Crippen LogP contribution in [-0.2, 0) is 0 Å². The van der Waals surface area contributed by atoms with Crippen LogP contribution < -0.4 is 0 Å². The van der Waals surface area contributed by atoms with Crippen LogP contribution in [-0.4, -0.2) is 5.88 Å². The maximum Gasteiger partial charge on any atom is 0.254 e. The Bertz CT molecular complexity index is 35.8. The fourth-order valence-corrected chi connectivity index (χ4v) is 0. The summed E-state index contributed by atoms with van der Waals surface area (Å²) in [5.41, 5.74) is 0. The lowest BCUT2D eigenvalue weighted by molar-refractivity contribution is -0.350. The van der Waals surface area contributed by atoms with Crippen molar-refractivity contribution in [3.63, 3.8) is 0 Å². The number of nitrogens with zero attached hydrogens (tertiary/aromatic N) is 1. The molecule has 1 nitrogen and oxygen atoms in total. The van der Waals surface area contributed by atoms with Crippen LogP contribution in [0.4, 0.5) is 0 Å². The van der Waals surface area contributed by atoms with Crippen LogP contribution in [0.15, 0.2) is 0 Å². The Morgan fingerprint density at radius 3 is 2.25 bits per heavy atom. The molecule has 0 rings (SSSR count). The Balaban J connectivity index is 2.43. The third-order valence-corrected chi connectivity index (χ3v) is 0.194. The van der Waals surface area contributed by atoms with Gasteiger partial charge in [0.1, 0.15) is 17.7 Å². The summed E-state index contributed by atoms with van der Waals surface area (Å²) < 4.78 is 0. The number of hydrogen-bond acceptors (Lipinski definition) is 1. The standard InChI is InChI=1S/C2H3ClN/c3-1-2-4/h3H,1H2/q+1. The highest BCUT2D eigenvalue weighted by Crippen LogP contribution is 1.39. The van der Waals surface area contributed by atoms with E-state index in [0.717, 1.165) is 0 Å². The SMILES string of the molecule is N#CC[ClH+]. The van der Waals surface area contributed by atoms with E-state index in [1.165, 1.54) is 0 Å². The fourth-order valence-electron chi connectivity index (χ4n) is 0. The fraction of sp³-hybridized carbons (Fsp3) is 0.500. The van der Waals surface area contributed by atoms with Gasteiger partial charge in [0, 0.05) is 0 Å². The third-order valence-electron chi connectivity index (χ3n) is 0.0645. The molecule has 0 aliphatic heterocycles. The van der Waals surface area contributed by atoms with E-state index < -0.39 is 0 Å². The van der Waals surface area contributed by atoms with Crippen molar-refractivity contribution in [3.8, 4) is 6.07 Å². The van der Waals surface area contributed by atoms with Gasteiger partial charge in [-0.05, 0) is 0 Å². The molecule has 0 amide bonds. The maximum atomic E-state index is 7.52. The molecule has 0 atom stereocenters. The van der Waals surface area contributed by atoms with Crippen LogP contribution in [0.3, 0.4) is 0 Å². The lowest BCUT2D eigenvalue weighted by Crippen LogP contribution is -1.57. The highest BCUT2D eigenvalue weighted by molar-refractivity contribution is 4.61. The largest absolute Gasteiger partial charge is 0.254 e. The number of hydrogen-bond donors (Lipinski definition) is 0. The number of alkyl halides is 1. The second-order valence-corrected chi connectivity index (χ2v) is 0.591. The lowest BCUT2D eigenvalue weighted by atomic mass is 10.9. The topological polar surface area (TPSA) is 23.8 Å². The smallest absolute Gasteiger partial charge is 0.192 e. The third kappa shape index (κ3) is 1.78. The molecule has 0 aromatic rings. The molecule has 0 saturated heterocycles. The minimum atomic E-state index is 0.208. The zero-order chi connectivity index (χ0) is 3.41. The summed E-state index contributed by atoms with van der Waals surface area (Å²) in [6, 6.07) is 1.75. The molecule has 0 fully saturated rings. The zero-order valence-electron chi connectivity index (χ0n) is 2.06. The van der Waals surface area contributed by atoms with Crippen LogP contribution in [0.25, 0.3) is 0 Å².